The number of fused-ring (bicyclic) bond motifs is 1. The quantitative estimate of drug-likeness (QED) is 0.745. The van der Waals surface area contributed by atoms with Crippen LogP contribution in [0.3, 0.4) is 0 Å². The van der Waals surface area contributed by atoms with Crippen molar-refractivity contribution in [2.24, 2.45) is 5.41 Å². The number of carbonyl (C=O) groups is 2. The smallest absolute Gasteiger partial charge is 0.311 e. The summed E-state index contributed by atoms with van der Waals surface area (Å²) in [6, 6.07) is 5.59. The van der Waals surface area contributed by atoms with Crippen LogP contribution in [0.1, 0.15) is 44.6 Å². The van der Waals surface area contributed by atoms with Crippen molar-refractivity contribution >= 4 is 11.8 Å². The van der Waals surface area contributed by atoms with Gasteiger partial charge >= 0.3 is 5.97 Å². The fourth-order valence-electron chi connectivity index (χ4n) is 3.62. The van der Waals surface area contributed by atoms with Gasteiger partial charge in [0.1, 0.15) is 5.76 Å². The average molecular weight is 314 g/mol. The van der Waals surface area contributed by atoms with Gasteiger partial charge in [0.05, 0.1) is 6.42 Å². The molecule has 3 aliphatic rings. The summed E-state index contributed by atoms with van der Waals surface area (Å²) < 4.78 is 16.1. The van der Waals surface area contributed by atoms with Crippen molar-refractivity contribution in [3.8, 4) is 11.5 Å². The standard InChI is InChI=1S/C18H18O5/c1-18(2)7-12(19)17-11(6-16(20)23-15(17)8-18)10-3-4-13-14(5-10)22-9-21-13/h3-5,11H,6-9H2,1-2H3/t11-/m1/s1. The number of esters is 1. The number of ketones is 1. The lowest BCUT2D eigenvalue weighted by atomic mass is 9.71. The van der Waals surface area contributed by atoms with Gasteiger partial charge in [0.25, 0.3) is 0 Å². The predicted octanol–water partition coefficient (Wildman–Crippen LogP) is 3.09. The van der Waals surface area contributed by atoms with Crippen LogP contribution in [0, 0.1) is 5.41 Å². The summed E-state index contributed by atoms with van der Waals surface area (Å²) in [6.07, 6.45) is 1.27. The third-order valence-corrected chi connectivity index (χ3v) is 4.63. The highest BCUT2D eigenvalue weighted by Gasteiger charge is 2.42. The number of benzene rings is 1. The largest absolute Gasteiger partial charge is 0.454 e. The molecule has 2 heterocycles. The normalized spacial score (nSPS) is 25.2. The van der Waals surface area contributed by atoms with Crippen LogP contribution in [0.2, 0.25) is 0 Å². The highest BCUT2D eigenvalue weighted by Crippen LogP contribution is 2.47. The van der Waals surface area contributed by atoms with Crippen molar-refractivity contribution in [1.29, 1.82) is 0 Å². The maximum atomic E-state index is 12.7. The summed E-state index contributed by atoms with van der Waals surface area (Å²) in [7, 11) is 0. The molecular formula is C18H18O5. The molecule has 0 fully saturated rings. The molecule has 0 aromatic heterocycles. The van der Waals surface area contributed by atoms with Crippen LogP contribution in [0.4, 0.5) is 0 Å². The van der Waals surface area contributed by atoms with Crippen LogP contribution in [0.15, 0.2) is 29.5 Å². The molecule has 0 N–H and O–H groups in total. The van der Waals surface area contributed by atoms with E-state index in [1.54, 1.807) is 0 Å². The molecule has 5 nitrogen and oxygen atoms in total. The second kappa shape index (κ2) is 4.85. The van der Waals surface area contributed by atoms with Crippen molar-refractivity contribution in [3.63, 3.8) is 0 Å². The molecule has 0 saturated carbocycles. The number of hydrogen-bond acceptors (Lipinski definition) is 5. The Labute approximate surface area is 134 Å². The molecule has 0 bridgehead atoms. The molecule has 0 saturated heterocycles. The van der Waals surface area contributed by atoms with Gasteiger partial charge in [0.2, 0.25) is 6.79 Å². The van der Waals surface area contributed by atoms with E-state index >= 15 is 0 Å². The van der Waals surface area contributed by atoms with E-state index in [0.717, 1.165) is 5.56 Å². The fourth-order valence-corrected chi connectivity index (χ4v) is 3.62. The van der Waals surface area contributed by atoms with Crippen molar-refractivity contribution in [1.82, 2.24) is 0 Å². The van der Waals surface area contributed by atoms with E-state index in [-0.39, 0.29) is 36.3 Å². The molecule has 1 aromatic rings. The summed E-state index contributed by atoms with van der Waals surface area (Å²) in [4.78, 5) is 24.7. The van der Waals surface area contributed by atoms with Gasteiger partial charge in [0, 0.05) is 24.3 Å². The Hall–Kier alpha value is -2.30. The van der Waals surface area contributed by atoms with Crippen LogP contribution in [0.5, 0.6) is 11.5 Å². The van der Waals surface area contributed by atoms with Crippen LogP contribution in [-0.2, 0) is 14.3 Å². The maximum Gasteiger partial charge on any atom is 0.311 e. The van der Waals surface area contributed by atoms with Crippen molar-refractivity contribution < 1.29 is 23.8 Å². The zero-order valence-electron chi connectivity index (χ0n) is 13.2. The highest BCUT2D eigenvalue weighted by atomic mass is 16.7. The van der Waals surface area contributed by atoms with Gasteiger partial charge in [0.15, 0.2) is 17.3 Å². The highest BCUT2D eigenvalue weighted by molar-refractivity contribution is 6.00. The predicted molar refractivity (Wildman–Crippen MR) is 81.1 cm³/mol. The molecule has 0 amide bonds. The molecule has 1 aliphatic carbocycles. The lowest BCUT2D eigenvalue weighted by molar-refractivity contribution is -0.142. The Balaban J connectivity index is 1.78. The minimum Gasteiger partial charge on any atom is -0.454 e. The first-order valence-corrected chi connectivity index (χ1v) is 7.79. The SMILES string of the molecule is CC1(C)CC(=O)C2=C(C1)OC(=O)C[C@@H]2c1ccc2c(c1)OCO2. The van der Waals surface area contributed by atoms with Gasteiger partial charge in [-0.15, -0.1) is 0 Å². The Morgan fingerprint density at radius 3 is 2.70 bits per heavy atom. The van der Waals surface area contributed by atoms with Gasteiger partial charge in [-0.1, -0.05) is 19.9 Å². The Morgan fingerprint density at radius 2 is 1.87 bits per heavy atom. The van der Waals surface area contributed by atoms with E-state index in [4.69, 9.17) is 14.2 Å². The zero-order chi connectivity index (χ0) is 16.2. The van der Waals surface area contributed by atoms with Gasteiger partial charge in [-0.25, -0.2) is 0 Å². The lowest BCUT2D eigenvalue weighted by Gasteiger charge is -2.36. The summed E-state index contributed by atoms with van der Waals surface area (Å²) in [5.41, 5.74) is 1.38. The Morgan fingerprint density at radius 1 is 1.09 bits per heavy atom. The number of carbonyl (C=O) groups excluding carboxylic acids is 2. The molecule has 0 spiro atoms. The van der Waals surface area contributed by atoms with Crippen LogP contribution in [0.25, 0.3) is 0 Å². The summed E-state index contributed by atoms with van der Waals surface area (Å²) >= 11 is 0. The molecule has 1 aromatic carbocycles. The molecule has 1 atom stereocenters. The molecule has 0 unspecified atom stereocenters. The monoisotopic (exact) mass is 314 g/mol. The van der Waals surface area contributed by atoms with Crippen molar-refractivity contribution in [2.45, 2.75) is 39.0 Å². The van der Waals surface area contributed by atoms with Gasteiger partial charge in [-0.05, 0) is 23.1 Å². The Kier molecular flexibility index (Phi) is 3.01. The molecule has 2 aliphatic heterocycles. The number of ether oxygens (including phenoxy) is 3. The minimum absolute atomic E-state index is 0.0754. The third-order valence-electron chi connectivity index (χ3n) is 4.63. The van der Waals surface area contributed by atoms with Gasteiger partial charge in [-0.3, -0.25) is 9.59 Å². The molecular weight excluding hydrogens is 296 g/mol. The zero-order valence-corrected chi connectivity index (χ0v) is 13.2. The van der Waals surface area contributed by atoms with E-state index in [2.05, 4.69) is 0 Å². The first-order chi connectivity index (χ1) is 10.9. The number of allylic oxidation sites excluding steroid dienone is 2. The van der Waals surface area contributed by atoms with Crippen LogP contribution in [-0.4, -0.2) is 18.5 Å². The second-order valence-electron chi connectivity index (χ2n) is 7.12. The topological polar surface area (TPSA) is 61.8 Å². The van der Waals surface area contributed by atoms with E-state index in [0.29, 0.717) is 35.7 Å². The van der Waals surface area contributed by atoms with E-state index < -0.39 is 0 Å². The van der Waals surface area contributed by atoms with Crippen molar-refractivity contribution in [2.75, 3.05) is 6.79 Å². The fraction of sp³-hybridized carbons (Fsp3) is 0.444. The van der Waals surface area contributed by atoms with Gasteiger partial charge in [-0.2, -0.15) is 0 Å². The third kappa shape index (κ3) is 2.40. The molecule has 5 heteroatoms. The van der Waals surface area contributed by atoms with Crippen molar-refractivity contribution in [3.05, 3.63) is 35.1 Å². The summed E-state index contributed by atoms with van der Waals surface area (Å²) in [5, 5.41) is 0. The number of hydrogen-bond donors (Lipinski definition) is 0. The average Bonchev–Trinajstić information content (AvgIpc) is 2.91. The van der Waals surface area contributed by atoms with Crippen LogP contribution >= 0.6 is 0 Å². The van der Waals surface area contributed by atoms with E-state index in [1.165, 1.54) is 0 Å². The Bertz CT molecular complexity index is 744. The molecule has 120 valence electrons. The molecule has 23 heavy (non-hydrogen) atoms. The second-order valence-corrected chi connectivity index (χ2v) is 7.12. The maximum absolute atomic E-state index is 12.7. The number of Topliss-reactive ketones (excluding diaryl/α,β-unsaturated/α-hetero) is 1. The van der Waals surface area contributed by atoms with Gasteiger partial charge < -0.3 is 14.2 Å². The lowest BCUT2D eigenvalue weighted by Crippen LogP contribution is -2.33. The van der Waals surface area contributed by atoms with E-state index in [9.17, 15) is 9.59 Å². The summed E-state index contributed by atoms with van der Waals surface area (Å²) in [6.45, 7) is 4.24. The molecule has 0 radical (unpaired) electrons. The number of rotatable bonds is 1. The van der Waals surface area contributed by atoms with E-state index in [1.807, 2.05) is 32.0 Å². The van der Waals surface area contributed by atoms with Crippen LogP contribution < -0.4 is 9.47 Å². The summed E-state index contributed by atoms with van der Waals surface area (Å²) in [5.74, 6) is 1.43. The first kappa shape index (κ1) is 14.3. The molecule has 4 rings (SSSR count). The first-order valence-electron chi connectivity index (χ1n) is 7.79. The minimum atomic E-state index is -0.281.